The van der Waals surface area contributed by atoms with Crippen molar-refractivity contribution in [1.82, 2.24) is 9.97 Å². The lowest BCUT2D eigenvalue weighted by Crippen LogP contribution is -2.07. The van der Waals surface area contributed by atoms with Crippen LogP contribution in [0.5, 0.6) is 11.6 Å². The number of carbonyl (C=O) groups excluding carboxylic acids is 1. The van der Waals surface area contributed by atoms with Gasteiger partial charge >= 0.3 is 5.97 Å². The monoisotopic (exact) mass is 259 g/mol. The second-order valence-electron chi connectivity index (χ2n) is 3.84. The zero-order chi connectivity index (χ0) is 13.8. The van der Waals surface area contributed by atoms with E-state index in [0.29, 0.717) is 11.4 Å². The van der Waals surface area contributed by atoms with Gasteiger partial charge in [0.25, 0.3) is 0 Å². The molecule has 0 fully saturated rings. The fourth-order valence-corrected chi connectivity index (χ4v) is 1.49. The van der Waals surface area contributed by atoms with E-state index in [9.17, 15) is 4.79 Å². The first-order valence-corrected chi connectivity index (χ1v) is 5.55. The van der Waals surface area contributed by atoms with Crippen molar-refractivity contribution in [3.05, 3.63) is 41.9 Å². The fourth-order valence-electron chi connectivity index (χ4n) is 1.49. The Kier molecular flexibility index (Phi) is 3.61. The number of carbonyl (C=O) groups is 1. The lowest BCUT2D eigenvalue weighted by atomic mass is 10.2. The van der Waals surface area contributed by atoms with E-state index in [-0.39, 0.29) is 11.7 Å². The molecule has 1 aromatic carbocycles. The Labute approximate surface area is 110 Å². The van der Waals surface area contributed by atoms with Gasteiger partial charge in [-0.1, -0.05) is 0 Å². The van der Waals surface area contributed by atoms with Crippen molar-refractivity contribution >= 4 is 11.7 Å². The van der Waals surface area contributed by atoms with E-state index in [2.05, 4.69) is 14.7 Å². The standard InChI is InChI=1S/C13H13N3O3/c1-8-7-9(14)3-4-10(8)19-11-5-6-15-12(16-11)13(17)18-2/h3-7H,14H2,1-2H3. The number of nitrogens with two attached hydrogens (primary N) is 1. The van der Waals surface area contributed by atoms with Crippen molar-refractivity contribution in [2.24, 2.45) is 0 Å². The molecule has 0 atom stereocenters. The van der Waals surface area contributed by atoms with Gasteiger partial charge in [0.05, 0.1) is 7.11 Å². The first-order chi connectivity index (χ1) is 9.10. The number of nitrogens with zero attached hydrogens (tertiary/aromatic N) is 2. The number of methoxy groups -OCH3 is 1. The molecule has 0 bridgehead atoms. The summed E-state index contributed by atoms with van der Waals surface area (Å²) in [5.41, 5.74) is 7.19. The number of anilines is 1. The van der Waals surface area contributed by atoms with E-state index in [1.807, 2.05) is 6.92 Å². The first kappa shape index (κ1) is 12.8. The molecule has 0 amide bonds. The van der Waals surface area contributed by atoms with Crippen LogP contribution >= 0.6 is 0 Å². The average molecular weight is 259 g/mol. The predicted molar refractivity (Wildman–Crippen MR) is 69.0 cm³/mol. The van der Waals surface area contributed by atoms with Crippen molar-refractivity contribution in [1.29, 1.82) is 0 Å². The van der Waals surface area contributed by atoms with Crippen LogP contribution in [0.3, 0.4) is 0 Å². The minimum atomic E-state index is -0.612. The van der Waals surface area contributed by atoms with Crippen molar-refractivity contribution in [2.75, 3.05) is 12.8 Å². The molecule has 0 unspecified atom stereocenters. The molecule has 1 aromatic heterocycles. The second kappa shape index (κ2) is 5.34. The lowest BCUT2D eigenvalue weighted by molar-refractivity contribution is 0.0585. The van der Waals surface area contributed by atoms with E-state index in [1.54, 1.807) is 24.3 Å². The zero-order valence-corrected chi connectivity index (χ0v) is 10.6. The molecule has 0 aliphatic carbocycles. The van der Waals surface area contributed by atoms with Gasteiger partial charge in [0, 0.05) is 18.0 Å². The average Bonchev–Trinajstić information content (AvgIpc) is 2.41. The van der Waals surface area contributed by atoms with Crippen LogP contribution in [0.15, 0.2) is 30.5 Å². The molecular formula is C13H13N3O3. The molecule has 1 heterocycles. The Balaban J connectivity index is 2.26. The van der Waals surface area contributed by atoms with E-state index in [0.717, 1.165) is 5.56 Å². The quantitative estimate of drug-likeness (QED) is 0.669. The van der Waals surface area contributed by atoms with E-state index in [4.69, 9.17) is 10.5 Å². The Hall–Kier alpha value is -2.63. The first-order valence-electron chi connectivity index (χ1n) is 5.55. The van der Waals surface area contributed by atoms with Crippen LogP contribution in [0.1, 0.15) is 16.2 Å². The van der Waals surface area contributed by atoms with Crippen LogP contribution in [0, 0.1) is 6.92 Å². The molecule has 2 N–H and O–H groups in total. The normalized spacial score (nSPS) is 10.0. The minimum absolute atomic E-state index is 0.0481. The van der Waals surface area contributed by atoms with Gasteiger partial charge in [-0.05, 0) is 30.7 Å². The molecule has 19 heavy (non-hydrogen) atoms. The molecule has 0 aliphatic rings. The molecule has 0 saturated carbocycles. The highest BCUT2D eigenvalue weighted by molar-refractivity contribution is 5.85. The largest absolute Gasteiger partial charge is 0.463 e. The van der Waals surface area contributed by atoms with Crippen LogP contribution in [0.25, 0.3) is 0 Å². The van der Waals surface area contributed by atoms with E-state index < -0.39 is 5.97 Å². The summed E-state index contributed by atoms with van der Waals surface area (Å²) in [4.78, 5) is 19.1. The third-order valence-corrected chi connectivity index (χ3v) is 2.41. The number of esters is 1. The smallest absolute Gasteiger partial charge is 0.376 e. The van der Waals surface area contributed by atoms with Crippen LogP contribution < -0.4 is 10.5 Å². The topological polar surface area (TPSA) is 87.3 Å². The van der Waals surface area contributed by atoms with Crippen molar-refractivity contribution in [3.63, 3.8) is 0 Å². The Morgan fingerprint density at radius 1 is 1.32 bits per heavy atom. The fraction of sp³-hybridized carbons (Fsp3) is 0.154. The summed E-state index contributed by atoms with van der Waals surface area (Å²) in [6.45, 7) is 1.87. The highest BCUT2D eigenvalue weighted by atomic mass is 16.5. The van der Waals surface area contributed by atoms with Crippen molar-refractivity contribution < 1.29 is 14.3 Å². The van der Waals surface area contributed by atoms with Gasteiger partial charge in [-0.3, -0.25) is 0 Å². The van der Waals surface area contributed by atoms with Gasteiger partial charge in [-0.25, -0.2) is 9.78 Å². The number of ether oxygens (including phenoxy) is 2. The van der Waals surface area contributed by atoms with Crippen LogP contribution in [-0.2, 0) is 4.74 Å². The van der Waals surface area contributed by atoms with E-state index >= 15 is 0 Å². The van der Waals surface area contributed by atoms with E-state index in [1.165, 1.54) is 13.3 Å². The molecule has 98 valence electrons. The summed E-state index contributed by atoms with van der Waals surface area (Å²) in [5.74, 6) is 0.222. The van der Waals surface area contributed by atoms with Gasteiger partial charge in [-0.15, -0.1) is 0 Å². The molecule has 6 heteroatoms. The summed E-state index contributed by atoms with van der Waals surface area (Å²) in [7, 11) is 1.27. The summed E-state index contributed by atoms with van der Waals surface area (Å²) in [6.07, 6.45) is 1.43. The van der Waals surface area contributed by atoms with Crippen molar-refractivity contribution in [3.8, 4) is 11.6 Å². The lowest BCUT2D eigenvalue weighted by Gasteiger charge is -2.08. The minimum Gasteiger partial charge on any atom is -0.463 e. The maximum Gasteiger partial charge on any atom is 0.376 e. The molecule has 0 saturated heterocycles. The van der Waals surface area contributed by atoms with Crippen LogP contribution in [-0.4, -0.2) is 23.0 Å². The van der Waals surface area contributed by atoms with Crippen LogP contribution in [0.4, 0.5) is 5.69 Å². The number of hydrogen-bond donors (Lipinski definition) is 1. The summed E-state index contributed by atoms with van der Waals surface area (Å²) in [5, 5.41) is 0. The van der Waals surface area contributed by atoms with Gasteiger partial charge < -0.3 is 15.2 Å². The Morgan fingerprint density at radius 3 is 2.79 bits per heavy atom. The van der Waals surface area contributed by atoms with Gasteiger partial charge in [0.1, 0.15) is 5.75 Å². The number of aryl methyl sites for hydroxylation is 1. The van der Waals surface area contributed by atoms with Crippen LogP contribution in [0.2, 0.25) is 0 Å². The number of aromatic nitrogens is 2. The maximum atomic E-state index is 11.3. The third-order valence-electron chi connectivity index (χ3n) is 2.41. The summed E-state index contributed by atoms with van der Waals surface area (Å²) in [6, 6.07) is 6.81. The molecule has 0 radical (unpaired) electrons. The highest BCUT2D eigenvalue weighted by Crippen LogP contribution is 2.25. The second-order valence-corrected chi connectivity index (χ2v) is 3.84. The van der Waals surface area contributed by atoms with Crippen molar-refractivity contribution in [2.45, 2.75) is 6.92 Å². The zero-order valence-electron chi connectivity index (χ0n) is 10.6. The number of rotatable bonds is 3. The highest BCUT2D eigenvalue weighted by Gasteiger charge is 2.11. The number of benzene rings is 1. The molecule has 6 nitrogen and oxygen atoms in total. The molecular weight excluding hydrogens is 246 g/mol. The molecule has 2 rings (SSSR count). The third kappa shape index (κ3) is 2.98. The summed E-state index contributed by atoms with van der Waals surface area (Å²) >= 11 is 0. The van der Waals surface area contributed by atoms with Gasteiger partial charge in [0.2, 0.25) is 11.7 Å². The van der Waals surface area contributed by atoms with Gasteiger partial charge in [0.15, 0.2) is 0 Å². The maximum absolute atomic E-state index is 11.3. The number of hydrogen-bond acceptors (Lipinski definition) is 6. The molecule has 0 aliphatic heterocycles. The number of nitrogen functional groups attached to an aromatic ring is 1. The Bertz CT molecular complexity index is 614. The molecule has 0 spiro atoms. The Morgan fingerprint density at radius 2 is 2.11 bits per heavy atom. The molecule has 2 aromatic rings. The van der Waals surface area contributed by atoms with Gasteiger partial charge in [-0.2, -0.15) is 4.98 Å². The summed E-state index contributed by atoms with van der Waals surface area (Å²) < 4.78 is 10.1. The SMILES string of the molecule is COC(=O)c1nccc(Oc2ccc(N)cc2C)n1. The predicted octanol–water partition coefficient (Wildman–Crippen LogP) is 1.95.